The smallest absolute Gasteiger partial charge is 0.153 e. The van der Waals surface area contributed by atoms with Crippen molar-refractivity contribution >= 4 is 21.9 Å². The molecule has 0 spiro atoms. The summed E-state index contributed by atoms with van der Waals surface area (Å²) < 4.78 is 5.64. The molecule has 4 heteroatoms. The average molecular weight is 199 g/mol. The number of pyridine rings is 2. The molecule has 4 nitrogen and oxygen atoms in total. The zero-order valence-electron chi connectivity index (χ0n) is 7.97. The molecule has 0 saturated carbocycles. The van der Waals surface area contributed by atoms with Crippen molar-refractivity contribution in [3.8, 4) is 0 Å². The summed E-state index contributed by atoms with van der Waals surface area (Å²) in [5, 5.41) is 2.02. The van der Waals surface area contributed by atoms with E-state index >= 15 is 0 Å². The monoisotopic (exact) mass is 199 g/mol. The minimum Gasteiger partial charge on any atom is -0.454 e. The van der Waals surface area contributed by atoms with Crippen LogP contribution in [0.3, 0.4) is 0 Å². The topological polar surface area (TPSA) is 64.9 Å². The van der Waals surface area contributed by atoms with Gasteiger partial charge in [-0.05, 0) is 12.1 Å². The predicted octanol–water partition coefficient (Wildman–Crippen LogP) is 1.83. The standard InChI is InChI=1S/C11H9N3O/c12-5-8-11-7-1-3-13-6-10(7)15-9(11)2-4-14-8/h1-4,6H,5,12H2. The van der Waals surface area contributed by atoms with E-state index in [9.17, 15) is 0 Å². The molecule has 0 aliphatic carbocycles. The van der Waals surface area contributed by atoms with Crippen LogP contribution in [0.1, 0.15) is 5.69 Å². The Bertz CT molecular complexity index is 630. The molecule has 15 heavy (non-hydrogen) atoms. The highest BCUT2D eigenvalue weighted by Crippen LogP contribution is 2.29. The maximum absolute atomic E-state index is 5.65. The van der Waals surface area contributed by atoms with E-state index in [1.165, 1.54) is 0 Å². The molecule has 0 saturated heterocycles. The Morgan fingerprint density at radius 1 is 1.20 bits per heavy atom. The largest absolute Gasteiger partial charge is 0.454 e. The summed E-state index contributed by atoms with van der Waals surface area (Å²) in [6, 6.07) is 3.76. The zero-order valence-corrected chi connectivity index (χ0v) is 7.97. The van der Waals surface area contributed by atoms with Gasteiger partial charge in [-0.1, -0.05) is 0 Å². The molecule has 0 radical (unpaired) electrons. The molecule has 2 N–H and O–H groups in total. The predicted molar refractivity (Wildman–Crippen MR) is 57.2 cm³/mol. The first-order chi connectivity index (χ1) is 7.40. The first kappa shape index (κ1) is 8.38. The second kappa shape index (κ2) is 3.03. The molecular formula is C11H9N3O. The minimum absolute atomic E-state index is 0.411. The van der Waals surface area contributed by atoms with E-state index in [2.05, 4.69) is 9.97 Å². The first-order valence-corrected chi connectivity index (χ1v) is 4.70. The summed E-state index contributed by atoms with van der Waals surface area (Å²) in [6.45, 7) is 0.411. The maximum atomic E-state index is 5.65. The minimum atomic E-state index is 0.411. The number of aromatic nitrogens is 2. The Morgan fingerprint density at radius 3 is 3.00 bits per heavy atom. The van der Waals surface area contributed by atoms with Crippen LogP contribution in [0.25, 0.3) is 21.9 Å². The maximum Gasteiger partial charge on any atom is 0.153 e. The lowest BCUT2D eigenvalue weighted by atomic mass is 10.1. The fraction of sp³-hybridized carbons (Fsp3) is 0.0909. The van der Waals surface area contributed by atoms with Gasteiger partial charge in [-0.15, -0.1) is 0 Å². The Kier molecular flexibility index (Phi) is 1.69. The van der Waals surface area contributed by atoms with Crippen LogP contribution >= 0.6 is 0 Å². The Labute approximate surface area is 85.7 Å². The van der Waals surface area contributed by atoms with Crippen molar-refractivity contribution in [1.29, 1.82) is 0 Å². The Hall–Kier alpha value is -1.94. The number of nitrogens with two attached hydrogens (primary N) is 1. The van der Waals surface area contributed by atoms with Gasteiger partial charge in [0.25, 0.3) is 0 Å². The van der Waals surface area contributed by atoms with Crippen molar-refractivity contribution in [3.05, 3.63) is 36.4 Å². The molecule has 0 amide bonds. The van der Waals surface area contributed by atoms with Crippen LogP contribution < -0.4 is 5.73 Å². The van der Waals surface area contributed by atoms with Crippen molar-refractivity contribution < 1.29 is 4.42 Å². The molecule has 0 fully saturated rings. The second-order valence-corrected chi connectivity index (χ2v) is 3.31. The van der Waals surface area contributed by atoms with E-state index in [-0.39, 0.29) is 0 Å². The lowest BCUT2D eigenvalue weighted by molar-refractivity contribution is 0.666. The number of rotatable bonds is 1. The quantitative estimate of drug-likeness (QED) is 0.649. The molecule has 0 aliphatic heterocycles. The molecule has 0 aliphatic rings. The molecule has 3 rings (SSSR count). The molecular weight excluding hydrogens is 190 g/mol. The fourth-order valence-corrected chi connectivity index (χ4v) is 1.80. The lowest BCUT2D eigenvalue weighted by Gasteiger charge is -1.96. The summed E-state index contributed by atoms with van der Waals surface area (Å²) >= 11 is 0. The lowest BCUT2D eigenvalue weighted by Crippen LogP contribution is -1.99. The summed E-state index contributed by atoms with van der Waals surface area (Å²) in [5.41, 5.74) is 8.09. The number of furan rings is 1. The summed E-state index contributed by atoms with van der Waals surface area (Å²) in [4.78, 5) is 8.26. The van der Waals surface area contributed by atoms with Gasteiger partial charge in [0.1, 0.15) is 5.58 Å². The van der Waals surface area contributed by atoms with Crippen LogP contribution in [-0.4, -0.2) is 9.97 Å². The molecule has 0 unspecified atom stereocenters. The van der Waals surface area contributed by atoms with E-state index in [1.807, 2.05) is 12.1 Å². The average Bonchev–Trinajstić information content (AvgIpc) is 2.67. The van der Waals surface area contributed by atoms with Gasteiger partial charge < -0.3 is 10.2 Å². The van der Waals surface area contributed by atoms with Crippen LogP contribution in [0.5, 0.6) is 0 Å². The summed E-state index contributed by atoms with van der Waals surface area (Å²) in [7, 11) is 0. The van der Waals surface area contributed by atoms with Crippen LogP contribution in [0.4, 0.5) is 0 Å². The van der Waals surface area contributed by atoms with Crippen molar-refractivity contribution in [2.45, 2.75) is 6.54 Å². The molecule has 0 atom stereocenters. The van der Waals surface area contributed by atoms with E-state index in [0.717, 1.165) is 27.6 Å². The number of hydrogen-bond donors (Lipinski definition) is 1. The van der Waals surface area contributed by atoms with Gasteiger partial charge in [0, 0.05) is 24.3 Å². The number of hydrogen-bond acceptors (Lipinski definition) is 4. The molecule has 74 valence electrons. The van der Waals surface area contributed by atoms with Gasteiger partial charge in [0.15, 0.2) is 5.58 Å². The van der Waals surface area contributed by atoms with Crippen molar-refractivity contribution in [2.24, 2.45) is 5.73 Å². The summed E-state index contributed by atoms with van der Waals surface area (Å²) in [6.07, 6.45) is 5.15. The van der Waals surface area contributed by atoms with Gasteiger partial charge in [0.05, 0.1) is 17.3 Å². The third-order valence-corrected chi connectivity index (χ3v) is 2.46. The third-order valence-electron chi connectivity index (χ3n) is 2.46. The van der Waals surface area contributed by atoms with Gasteiger partial charge in [-0.2, -0.15) is 0 Å². The molecule has 3 aromatic heterocycles. The fourth-order valence-electron chi connectivity index (χ4n) is 1.80. The zero-order chi connectivity index (χ0) is 10.3. The van der Waals surface area contributed by atoms with Gasteiger partial charge in [0.2, 0.25) is 0 Å². The Balaban J connectivity index is 2.56. The normalized spacial score (nSPS) is 11.3. The van der Waals surface area contributed by atoms with Gasteiger partial charge >= 0.3 is 0 Å². The van der Waals surface area contributed by atoms with Crippen LogP contribution in [0, 0.1) is 0 Å². The van der Waals surface area contributed by atoms with Gasteiger partial charge in [-0.3, -0.25) is 9.97 Å². The second-order valence-electron chi connectivity index (χ2n) is 3.31. The van der Waals surface area contributed by atoms with Crippen LogP contribution in [0.2, 0.25) is 0 Å². The van der Waals surface area contributed by atoms with E-state index in [0.29, 0.717) is 6.54 Å². The van der Waals surface area contributed by atoms with Crippen molar-refractivity contribution in [3.63, 3.8) is 0 Å². The number of nitrogens with zero attached hydrogens (tertiary/aromatic N) is 2. The highest BCUT2D eigenvalue weighted by atomic mass is 16.3. The first-order valence-electron chi connectivity index (χ1n) is 4.70. The van der Waals surface area contributed by atoms with Crippen LogP contribution in [0.15, 0.2) is 35.1 Å². The van der Waals surface area contributed by atoms with Crippen molar-refractivity contribution in [2.75, 3.05) is 0 Å². The third kappa shape index (κ3) is 1.12. The van der Waals surface area contributed by atoms with E-state index < -0.39 is 0 Å². The molecule has 0 aromatic carbocycles. The number of fused-ring (bicyclic) bond motifs is 3. The van der Waals surface area contributed by atoms with E-state index in [1.54, 1.807) is 18.6 Å². The highest BCUT2D eigenvalue weighted by molar-refractivity contribution is 6.05. The van der Waals surface area contributed by atoms with E-state index in [4.69, 9.17) is 10.2 Å². The Morgan fingerprint density at radius 2 is 2.13 bits per heavy atom. The SMILES string of the molecule is NCc1nccc2oc3cnccc3c12. The highest BCUT2D eigenvalue weighted by Gasteiger charge is 2.10. The molecule has 3 heterocycles. The summed E-state index contributed by atoms with van der Waals surface area (Å²) in [5.74, 6) is 0. The van der Waals surface area contributed by atoms with Crippen molar-refractivity contribution in [1.82, 2.24) is 9.97 Å². The van der Waals surface area contributed by atoms with Gasteiger partial charge in [-0.25, -0.2) is 0 Å². The molecule has 3 aromatic rings. The van der Waals surface area contributed by atoms with Crippen LogP contribution in [-0.2, 0) is 6.54 Å². The molecule has 0 bridgehead atoms.